The summed E-state index contributed by atoms with van der Waals surface area (Å²) < 4.78 is 14.6. The number of benzene rings is 1. The van der Waals surface area contributed by atoms with Crippen LogP contribution in [0.3, 0.4) is 0 Å². The Hall–Kier alpha value is -2.08. The minimum atomic E-state index is -0.587. The highest BCUT2D eigenvalue weighted by atomic mass is 16.6. The molecule has 1 aromatic rings. The molecule has 0 aliphatic rings. The van der Waals surface area contributed by atoms with Crippen LogP contribution in [0.4, 0.5) is 5.69 Å². The van der Waals surface area contributed by atoms with Crippen molar-refractivity contribution in [2.75, 3.05) is 32.2 Å². The molecule has 19 heavy (non-hydrogen) atoms. The molecule has 0 unspecified atom stereocenters. The lowest BCUT2D eigenvalue weighted by atomic mass is 10.3. The van der Waals surface area contributed by atoms with Gasteiger partial charge >= 0.3 is 5.97 Å². The molecule has 6 heteroatoms. The average molecular weight is 267 g/mol. The first-order chi connectivity index (χ1) is 9.17. The predicted molar refractivity (Wildman–Crippen MR) is 69.1 cm³/mol. The summed E-state index contributed by atoms with van der Waals surface area (Å²) in [5.41, 5.74) is 0.539. The number of nitrogens with one attached hydrogen (secondary N) is 1. The Labute approximate surface area is 111 Å². The number of anilines is 1. The van der Waals surface area contributed by atoms with E-state index in [9.17, 15) is 9.59 Å². The highest BCUT2D eigenvalue weighted by molar-refractivity contribution is 5.94. The van der Waals surface area contributed by atoms with Crippen molar-refractivity contribution in [3.05, 3.63) is 24.3 Å². The van der Waals surface area contributed by atoms with Gasteiger partial charge in [0.2, 0.25) is 0 Å². The minimum absolute atomic E-state index is 0.178. The molecule has 6 nitrogen and oxygen atoms in total. The van der Waals surface area contributed by atoms with Gasteiger partial charge in [-0.1, -0.05) is 12.1 Å². The van der Waals surface area contributed by atoms with Gasteiger partial charge < -0.3 is 19.5 Å². The Morgan fingerprint density at radius 2 is 1.95 bits per heavy atom. The zero-order valence-corrected chi connectivity index (χ0v) is 11.0. The second-order valence-electron chi connectivity index (χ2n) is 3.57. The van der Waals surface area contributed by atoms with Gasteiger partial charge in [-0.25, -0.2) is 4.79 Å². The van der Waals surface area contributed by atoms with E-state index in [-0.39, 0.29) is 13.2 Å². The maximum Gasteiger partial charge on any atom is 0.332 e. The number of methoxy groups -OCH3 is 1. The molecule has 0 heterocycles. The van der Waals surface area contributed by atoms with Crippen LogP contribution in [0.1, 0.15) is 6.92 Å². The SMILES string of the molecule is CCOc1ccccc1NC(=O)COC(=O)COC. The Morgan fingerprint density at radius 1 is 1.21 bits per heavy atom. The zero-order chi connectivity index (χ0) is 14.1. The quantitative estimate of drug-likeness (QED) is 0.752. The van der Waals surface area contributed by atoms with E-state index in [4.69, 9.17) is 9.47 Å². The van der Waals surface area contributed by atoms with Gasteiger partial charge in [-0.15, -0.1) is 0 Å². The minimum Gasteiger partial charge on any atom is -0.492 e. The van der Waals surface area contributed by atoms with Crippen LogP contribution in [0.15, 0.2) is 24.3 Å². The standard InChI is InChI=1S/C13H17NO5/c1-3-18-11-7-5-4-6-10(11)14-12(15)8-19-13(16)9-17-2/h4-7H,3,8-9H2,1-2H3,(H,14,15). The first kappa shape index (κ1) is 15.0. The van der Waals surface area contributed by atoms with E-state index < -0.39 is 11.9 Å². The van der Waals surface area contributed by atoms with Crippen molar-refractivity contribution in [3.8, 4) is 5.75 Å². The smallest absolute Gasteiger partial charge is 0.332 e. The van der Waals surface area contributed by atoms with Crippen LogP contribution < -0.4 is 10.1 Å². The Kier molecular flexibility index (Phi) is 6.38. The molecule has 1 N–H and O–H groups in total. The molecule has 0 bridgehead atoms. The molecule has 0 spiro atoms. The summed E-state index contributed by atoms with van der Waals surface area (Å²) in [7, 11) is 1.37. The van der Waals surface area contributed by atoms with E-state index in [1.54, 1.807) is 24.3 Å². The fraction of sp³-hybridized carbons (Fsp3) is 0.385. The number of esters is 1. The molecule has 0 fully saturated rings. The van der Waals surface area contributed by atoms with E-state index in [0.29, 0.717) is 18.0 Å². The van der Waals surface area contributed by atoms with E-state index >= 15 is 0 Å². The zero-order valence-electron chi connectivity index (χ0n) is 11.0. The molecule has 0 aromatic heterocycles. The van der Waals surface area contributed by atoms with Crippen molar-refractivity contribution in [2.45, 2.75) is 6.92 Å². The normalized spacial score (nSPS) is 9.79. The fourth-order valence-corrected chi connectivity index (χ4v) is 1.34. The number of hydrogen-bond donors (Lipinski definition) is 1. The highest BCUT2D eigenvalue weighted by Gasteiger charge is 2.10. The summed E-state index contributed by atoms with van der Waals surface area (Å²) in [6, 6.07) is 7.03. The summed E-state index contributed by atoms with van der Waals surface area (Å²) in [6.07, 6.45) is 0. The van der Waals surface area contributed by atoms with Gasteiger partial charge in [-0.05, 0) is 19.1 Å². The summed E-state index contributed by atoms with van der Waals surface area (Å²) in [5, 5.41) is 2.61. The van der Waals surface area contributed by atoms with Crippen LogP contribution in [0.5, 0.6) is 5.75 Å². The lowest BCUT2D eigenvalue weighted by Gasteiger charge is -2.11. The van der Waals surface area contributed by atoms with Crippen molar-refractivity contribution in [1.82, 2.24) is 0 Å². The predicted octanol–water partition coefficient (Wildman–Crippen LogP) is 1.21. The van der Waals surface area contributed by atoms with Gasteiger partial charge in [-0.2, -0.15) is 0 Å². The molecule has 0 aliphatic heterocycles. The summed E-state index contributed by atoms with van der Waals surface area (Å²) >= 11 is 0. The van der Waals surface area contributed by atoms with Gasteiger partial charge in [0.15, 0.2) is 6.61 Å². The lowest BCUT2D eigenvalue weighted by molar-refractivity contribution is -0.150. The first-order valence-corrected chi connectivity index (χ1v) is 5.83. The largest absolute Gasteiger partial charge is 0.492 e. The lowest BCUT2D eigenvalue weighted by Crippen LogP contribution is -2.22. The van der Waals surface area contributed by atoms with Crippen LogP contribution in [0.25, 0.3) is 0 Å². The topological polar surface area (TPSA) is 73.9 Å². The number of carbonyl (C=O) groups is 2. The molecule has 1 aromatic carbocycles. The molecule has 0 aliphatic carbocycles. The number of rotatable bonds is 7. The van der Waals surface area contributed by atoms with Crippen molar-refractivity contribution in [1.29, 1.82) is 0 Å². The number of para-hydroxylation sites is 2. The van der Waals surface area contributed by atoms with Crippen molar-refractivity contribution < 1.29 is 23.8 Å². The molecular weight excluding hydrogens is 250 g/mol. The second kappa shape index (κ2) is 8.10. The maximum absolute atomic E-state index is 11.6. The van der Waals surface area contributed by atoms with Gasteiger partial charge in [0, 0.05) is 7.11 Å². The number of hydrogen-bond acceptors (Lipinski definition) is 5. The van der Waals surface area contributed by atoms with Crippen LogP contribution in [0, 0.1) is 0 Å². The van der Waals surface area contributed by atoms with E-state index in [1.807, 2.05) is 6.92 Å². The molecular formula is C13H17NO5. The highest BCUT2D eigenvalue weighted by Crippen LogP contribution is 2.23. The van der Waals surface area contributed by atoms with Gasteiger partial charge in [0.05, 0.1) is 12.3 Å². The van der Waals surface area contributed by atoms with Crippen molar-refractivity contribution in [3.63, 3.8) is 0 Å². The monoisotopic (exact) mass is 267 g/mol. The van der Waals surface area contributed by atoms with Crippen LogP contribution >= 0.6 is 0 Å². The maximum atomic E-state index is 11.6. The van der Waals surface area contributed by atoms with Crippen molar-refractivity contribution >= 4 is 17.6 Å². The third-order valence-electron chi connectivity index (χ3n) is 2.09. The van der Waals surface area contributed by atoms with Crippen LogP contribution in [-0.4, -0.2) is 38.8 Å². The molecule has 0 radical (unpaired) electrons. The first-order valence-electron chi connectivity index (χ1n) is 5.83. The Balaban J connectivity index is 2.50. The molecule has 0 saturated carbocycles. The third kappa shape index (κ3) is 5.39. The third-order valence-corrected chi connectivity index (χ3v) is 2.09. The van der Waals surface area contributed by atoms with E-state index in [2.05, 4.69) is 10.1 Å². The van der Waals surface area contributed by atoms with E-state index in [0.717, 1.165) is 0 Å². The number of carbonyl (C=O) groups excluding carboxylic acids is 2. The Morgan fingerprint density at radius 3 is 2.63 bits per heavy atom. The van der Waals surface area contributed by atoms with Crippen LogP contribution in [-0.2, 0) is 19.1 Å². The van der Waals surface area contributed by atoms with Crippen molar-refractivity contribution in [2.24, 2.45) is 0 Å². The number of amides is 1. The Bertz CT molecular complexity index is 433. The molecule has 104 valence electrons. The van der Waals surface area contributed by atoms with Gasteiger partial charge in [0.25, 0.3) is 5.91 Å². The molecule has 0 saturated heterocycles. The fourth-order valence-electron chi connectivity index (χ4n) is 1.34. The van der Waals surface area contributed by atoms with Gasteiger partial charge in [-0.3, -0.25) is 4.79 Å². The molecule has 0 atom stereocenters. The summed E-state index contributed by atoms with van der Waals surface area (Å²) in [4.78, 5) is 22.6. The number of ether oxygens (including phenoxy) is 3. The second-order valence-corrected chi connectivity index (χ2v) is 3.57. The average Bonchev–Trinajstić information content (AvgIpc) is 2.39. The van der Waals surface area contributed by atoms with E-state index in [1.165, 1.54) is 7.11 Å². The summed E-state index contributed by atoms with van der Waals surface area (Å²) in [5.74, 6) is -0.450. The molecule has 1 rings (SSSR count). The molecule has 1 amide bonds. The van der Waals surface area contributed by atoms with Gasteiger partial charge in [0.1, 0.15) is 12.4 Å². The summed E-state index contributed by atoms with van der Waals surface area (Å²) in [6.45, 7) is 1.81. The van der Waals surface area contributed by atoms with Crippen LogP contribution in [0.2, 0.25) is 0 Å².